The van der Waals surface area contributed by atoms with Crippen molar-refractivity contribution in [1.82, 2.24) is 0 Å². The molecule has 2 aromatic carbocycles. The Hall–Kier alpha value is -2.40. The van der Waals surface area contributed by atoms with Crippen LogP contribution >= 0.6 is 11.6 Å². The summed E-state index contributed by atoms with van der Waals surface area (Å²) >= 11 is 5.66. The highest BCUT2D eigenvalue weighted by Gasteiger charge is 2.37. The van der Waals surface area contributed by atoms with Gasteiger partial charge in [0.25, 0.3) is 0 Å². The van der Waals surface area contributed by atoms with Crippen molar-refractivity contribution in [3.05, 3.63) is 64.9 Å². The molecule has 0 aromatic heterocycles. The highest BCUT2D eigenvalue weighted by atomic mass is 35.5. The van der Waals surface area contributed by atoms with Crippen LogP contribution in [0.25, 0.3) is 0 Å². The van der Waals surface area contributed by atoms with Gasteiger partial charge >= 0.3 is 5.97 Å². The molecule has 0 spiro atoms. The number of carbonyl (C=O) groups is 2. The number of benzene rings is 2. The van der Waals surface area contributed by atoms with Crippen LogP contribution in [0.2, 0.25) is 5.02 Å². The van der Waals surface area contributed by atoms with Gasteiger partial charge in [0.15, 0.2) is 0 Å². The van der Waals surface area contributed by atoms with E-state index in [1.165, 1.54) is 19.1 Å². The molecule has 0 saturated heterocycles. The van der Waals surface area contributed by atoms with Crippen molar-refractivity contribution in [1.29, 1.82) is 0 Å². The van der Waals surface area contributed by atoms with Gasteiger partial charge in [0.05, 0.1) is 10.4 Å². The van der Waals surface area contributed by atoms with Crippen molar-refractivity contribution in [3.8, 4) is 0 Å². The Balaban J connectivity index is 2.19. The van der Waals surface area contributed by atoms with Crippen molar-refractivity contribution in [2.75, 3.05) is 5.32 Å². The SMILES string of the molecule is C[C@@](CC(=O)Nc1ccc(F)c(Cl)c1)(C(=O)O)c1ccccc1. The molecule has 0 bridgehead atoms. The van der Waals surface area contributed by atoms with Gasteiger partial charge in [0.1, 0.15) is 5.82 Å². The van der Waals surface area contributed by atoms with Crippen molar-refractivity contribution in [2.45, 2.75) is 18.8 Å². The van der Waals surface area contributed by atoms with Gasteiger partial charge in [-0.3, -0.25) is 9.59 Å². The third-order valence-electron chi connectivity index (χ3n) is 3.60. The van der Waals surface area contributed by atoms with Crippen LogP contribution in [0.3, 0.4) is 0 Å². The van der Waals surface area contributed by atoms with E-state index in [-0.39, 0.29) is 11.4 Å². The largest absolute Gasteiger partial charge is 0.481 e. The van der Waals surface area contributed by atoms with Gasteiger partial charge in [0, 0.05) is 12.1 Å². The van der Waals surface area contributed by atoms with Gasteiger partial charge < -0.3 is 10.4 Å². The maximum atomic E-state index is 13.1. The molecule has 120 valence electrons. The fraction of sp³-hybridized carbons (Fsp3) is 0.176. The Kier molecular flexibility index (Phi) is 5.01. The fourth-order valence-corrected chi connectivity index (χ4v) is 2.39. The maximum Gasteiger partial charge on any atom is 0.314 e. The smallest absolute Gasteiger partial charge is 0.314 e. The second-order valence-electron chi connectivity index (χ2n) is 5.36. The Morgan fingerprint density at radius 2 is 1.87 bits per heavy atom. The molecular weight excluding hydrogens is 321 g/mol. The lowest BCUT2D eigenvalue weighted by Crippen LogP contribution is -2.36. The van der Waals surface area contributed by atoms with E-state index < -0.39 is 23.1 Å². The number of nitrogens with one attached hydrogen (secondary N) is 1. The fourth-order valence-electron chi connectivity index (χ4n) is 2.21. The van der Waals surface area contributed by atoms with E-state index in [2.05, 4.69) is 5.32 Å². The molecule has 23 heavy (non-hydrogen) atoms. The number of amides is 1. The van der Waals surface area contributed by atoms with Gasteiger partial charge in [-0.25, -0.2) is 4.39 Å². The quantitative estimate of drug-likeness (QED) is 0.872. The van der Waals surface area contributed by atoms with E-state index in [0.717, 1.165) is 6.07 Å². The normalized spacial score (nSPS) is 13.2. The average molecular weight is 336 g/mol. The zero-order valence-corrected chi connectivity index (χ0v) is 13.1. The molecule has 0 unspecified atom stereocenters. The number of carboxylic acid groups (broad SMARTS) is 1. The molecule has 6 heteroatoms. The van der Waals surface area contributed by atoms with Crippen molar-refractivity contribution < 1.29 is 19.1 Å². The van der Waals surface area contributed by atoms with Crippen molar-refractivity contribution in [3.63, 3.8) is 0 Å². The van der Waals surface area contributed by atoms with Gasteiger partial charge in [-0.2, -0.15) is 0 Å². The predicted molar refractivity (Wildman–Crippen MR) is 86.1 cm³/mol. The predicted octanol–water partition coefficient (Wildman–Crippen LogP) is 3.85. The summed E-state index contributed by atoms with van der Waals surface area (Å²) in [7, 11) is 0. The van der Waals surface area contributed by atoms with Crippen LogP contribution in [0.5, 0.6) is 0 Å². The number of hydrogen-bond acceptors (Lipinski definition) is 2. The molecule has 0 saturated carbocycles. The lowest BCUT2D eigenvalue weighted by molar-refractivity contribution is -0.145. The average Bonchev–Trinajstić information content (AvgIpc) is 2.51. The molecule has 0 heterocycles. The van der Waals surface area contributed by atoms with Crippen LogP contribution in [-0.2, 0) is 15.0 Å². The van der Waals surface area contributed by atoms with Crippen LogP contribution < -0.4 is 5.32 Å². The van der Waals surface area contributed by atoms with E-state index in [1.54, 1.807) is 30.3 Å². The number of carbonyl (C=O) groups excluding carboxylic acids is 1. The lowest BCUT2D eigenvalue weighted by Gasteiger charge is -2.24. The molecule has 1 amide bonds. The summed E-state index contributed by atoms with van der Waals surface area (Å²) < 4.78 is 13.1. The second-order valence-corrected chi connectivity index (χ2v) is 5.76. The van der Waals surface area contributed by atoms with Gasteiger partial charge in [-0.15, -0.1) is 0 Å². The number of anilines is 1. The summed E-state index contributed by atoms with van der Waals surface area (Å²) in [5, 5.41) is 11.9. The first-order valence-corrected chi connectivity index (χ1v) is 7.24. The lowest BCUT2D eigenvalue weighted by atomic mass is 9.79. The third-order valence-corrected chi connectivity index (χ3v) is 3.89. The Morgan fingerprint density at radius 3 is 2.43 bits per heavy atom. The van der Waals surface area contributed by atoms with Gasteiger partial charge in [-0.1, -0.05) is 41.9 Å². The maximum absolute atomic E-state index is 13.1. The van der Waals surface area contributed by atoms with Gasteiger partial charge in [-0.05, 0) is 30.7 Å². The number of carboxylic acids is 1. The first-order chi connectivity index (χ1) is 10.8. The standard InChI is InChI=1S/C17H15ClFNO3/c1-17(16(22)23,11-5-3-2-4-6-11)10-15(21)20-12-7-8-14(19)13(18)9-12/h2-9H,10H2,1H3,(H,20,21)(H,22,23)/t17-/m0/s1. The van der Waals surface area contributed by atoms with E-state index >= 15 is 0 Å². The molecule has 2 N–H and O–H groups in total. The van der Waals surface area contributed by atoms with Crippen LogP contribution in [-0.4, -0.2) is 17.0 Å². The van der Waals surface area contributed by atoms with E-state index in [0.29, 0.717) is 11.3 Å². The molecule has 0 fully saturated rings. The Bertz CT molecular complexity index is 736. The molecule has 0 aliphatic carbocycles. The summed E-state index contributed by atoms with van der Waals surface area (Å²) in [6, 6.07) is 12.3. The Labute approximate surface area is 137 Å². The van der Waals surface area contributed by atoms with Crippen LogP contribution in [0.4, 0.5) is 10.1 Å². The zero-order valence-electron chi connectivity index (χ0n) is 12.3. The van der Waals surface area contributed by atoms with Crippen molar-refractivity contribution >= 4 is 29.2 Å². The van der Waals surface area contributed by atoms with Crippen LogP contribution in [0.15, 0.2) is 48.5 Å². The number of aliphatic carboxylic acids is 1. The molecule has 4 nitrogen and oxygen atoms in total. The molecule has 0 radical (unpaired) electrons. The molecular formula is C17H15ClFNO3. The van der Waals surface area contributed by atoms with Crippen LogP contribution in [0, 0.1) is 5.82 Å². The van der Waals surface area contributed by atoms with Crippen LogP contribution in [0.1, 0.15) is 18.9 Å². The molecule has 1 atom stereocenters. The summed E-state index contributed by atoms with van der Waals surface area (Å²) in [4.78, 5) is 23.8. The van der Waals surface area contributed by atoms with E-state index in [4.69, 9.17) is 11.6 Å². The molecule has 2 aromatic rings. The van der Waals surface area contributed by atoms with Gasteiger partial charge in [0.2, 0.25) is 5.91 Å². The first-order valence-electron chi connectivity index (χ1n) is 6.87. The molecule has 0 aliphatic heterocycles. The highest BCUT2D eigenvalue weighted by molar-refractivity contribution is 6.31. The summed E-state index contributed by atoms with van der Waals surface area (Å²) in [6.45, 7) is 1.49. The van der Waals surface area contributed by atoms with Crippen molar-refractivity contribution in [2.24, 2.45) is 0 Å². The summed E-state index contributed by atoms with van der Waals surface area (Å²) in [5.41, 5.74) is -0.531. The molecule has 0 aliphatic rings. The monoisotopic (exact) mass is 335 g/mol. The summed E-state index contributed by atoms with van der Waals surface area (Å²) in [5.74, 6) is -2.19. The van der Waals surface area contributed by atoms with E-state index in [1.807, 2.05) is 0 Å². The number of halogens is 2. The van der Waals surface area contributed by atoms with E-state index in [9.17, 15) is 19.1 Å². The second kappa shape index (κ2) is 6.79. The zero-order chi connectivity index (χ0) is 17.0. The topological polar surface area (TPSA) is 66.4 Å². The minimum atomic E-state index is -1.37. The third kappa shape index (κ3) is 3.87. The first kappa shape index (κ1) is 17.0. The summed E-state index contributed by atoms with van der Waals surface area (Å²) in [6.07, 6.45) is -0.263. The minimum absolute atomic E-state index is 0.119. The number of hydrogen-bond donors (Lipinski definition) is 2. The minimum Gasteiger partial charge on any atom is -0.481 e. The number of rotatable bonds is 5. The highest BCUT2D eigenvalue weighted by Crippen LogP contribution is 2.29. The Morgan fingerprint density at radius 1 is 1.22 bits per heavy atom. The molecule has 2 rings (SSSR count).